The van der Waals surface area contributed by atoms with E-state index < -0.39 is 0 Å². The summed E-state index contributed by atoms with van der Waals surface area (Å²) in [5.41, 5.74) is 3.48. The Bertz CT molecular complexity index is 831. The molecular formula is C16H12N3P. The number of aromatic nitrogens is 3. The Morgan fingerprint density at radius 1 is 0.800 bits per heavy atom. The normalized spacial score (nSPS) is 11.8. The summed E-state index contributed by atoms with van der Waals surface area (Å²) in [4.78, 5) is 8.71. The quantitative estimate of drug-likeness (QED) is 0.526. The van der Waals surface area contributed by atoms with Crippen LogP contribution >= 0.6 is 8.73 Å². The van der Waals surface area contributed by atoms with Gasteiger partial charge in [-0.05, 0) is 24.3 Å². The molecule has 0 fully saturated rings. The van der Waals surface area contributed by atoms with Crippen LogP contribution < -0.4 is 5.44 Å². The molecule has 0 radical (unpaired) electrons. The zero-order chi connectivity index (χ0) is 13.4. The van der Waals surface area contributed by atoms with Crippen molar-refractivity contribution in [1.29, 1.82) is 0 Å². The van der Waals surface area contributed by atoms with Gasteiger partial charge in [-0.15, -0.1) is 0 Å². The average molecular weight is 277 g/mol. The smallest absolute Gasteiger partial charge is 0.0811 e. The van der Waals surface area contributed by atoms with Gasteiger partial charge in [-0.25, -0.2) is 0 Å². The fraction of sp³-hybridized carbons (Fsp3) is 0. The molecule has 1 atom stereocenters. The molecule has 4 rings (SSSR count). The molecule has 1 unspecified atom stereocenters. The highest BCUT2D eigenvalue weighted by atomic mass is 31.1. The van der Waals surface area contributed by atoms with Crippen molar-refractivity contribution in [1.82, 2.24) is 14.3 Å². The van der Waals surface area contributed by atoms with Crippen molar-refractivity contribution in [3.63, 3.8) is 0 Å². The minimum absolute atomic E-state index is 0.474. The summed E-state index contributed by atoms with van der Waals surface area (Å²) in [7, 11) is 0.474. The van der Waals surface area contributed by atoms with E-state index in [9.17, 15) is 0 Å². The molecule has 0 aliphatic heterocycles. The van der Waals surface area contributed by atoms with E-state index in [-0.39, 0.29) is 0 Å². The molecule has 0 aliphatic rings. The molecule has 0 saturated carbocycles. The first-order valence-corrected chi connectivity index (χ1v) is 7.39. The maximum Gasteiger partial charge on any atom is 0.0811 e. The lowest BCUT2D eigenvalue weighted by atomic mass is 10.2. The molecule has 0 saturated heterocycles. The Balaban J connectivity index is 2.00. The van der Waals surface area contributed by atoms with E-state index in [0.29, 0.717) is 8.73 Å². The molecule has 0 amide bonds. The van der Waals surface area contributed by atoms with Gasteiger partial charge in [0, 0.05) is 31.9 Å². The Hall–Kier alpha value is -2.25. The molecule has 0 spiro atoms. The van der Waals surface area contributed by atoms with Crippen LogP contribution in [0.25, 0.3) is 21.8 Å². The van der Waals surface area contributed by atoms with Crippen LogP contribution in [0, 0.1) is 0 Å². The van der Waals surface area contributed by atoms with Crippen LogP contribution in [-0.4, -0.2) is 14.3 Å². The van der Waals surface area contributed by atoms with Crippen LogP contribution in [0.4, 0.5) is 0 Å². The highest BCUT2D eigenvalue weighted by Gasteiger charge is 2.10. The molecular weight excluding hydrogens is 265 g/mol. The van der Waals surface area contributed by atoms with E-state index in [1.807, 2.05) is 30.7 Å². The molecule has 4 aromatic rings. The third-order valence-electron chi connectivity index (χ3n) is 3.37. The summed E-state index contributed by atoms with van der Waals surface area (Å²) in [6.45, 7) is 0. The largest absolute Gasteiger partial charge is 0.314 e. The molecule has 0 N–H and O–H groups in total. The average Bonchev–Trinajstić information content (AvgIpc) is 2.84. The summed E-state index contributed by atoms with van der Waals surface area (Å²) >= 11 is 0. The van der Waals surface area contributed by atoms with Gasteiger partial charge in [0.15, 0.2) is 0 Å². The molecule has 4 heteroatoms. The number of hydrogen-bond donors (Lipinski definition) is 0. The van der Waals surface area contributed by atoms with Gasteiger partial charge in [-0.3, -0.25) is 9.97 Å². The Morgan fingerprint density at radius 2 is 1.65 bits per heavy atom. The second-order valence-electron chi connectivity index (χ2n) is 4.57. The van der Waals surface area contributed by atoms with Crippen molar-refractivity contribution in [2.24, 2.45) is 0 Å². The van der Waals surface area contributed by atoms with E-state index in [2.05, 4.69) is 50.7 Å². The van der Waals surface area contributed by atoms with E-state index >= 15 is 0 Å². The summed E-state index contributed by atoms with van der Waals surface area (Å²) < 4.78 is 2.31. The van der Waals surface area contributed by atoms with E-state index in [4.69, 9.17) is 0 Å². The highest BCUT2D eigenvalue weighted by Crippen LogP contribution is 2.33. The van der Waals surface area contributed by atoms with Gasteiger partial charge in [-0.2, -0.15) is 0 Å². The zero-order valence-corrected chi connectivity index (χ0v) is 11.7. The second-order valence-corrected chi connectivity index (χ2v) is 5.76. The predicted molar refractivity (Wildman–Crippen MR) is 84.8 cm³/mol. The maximum atomic E-state index is 4.44. The number of hydrogen-bond acceptors (Lipinski definition) is 2. The third kappa shape index (κ3) is 1.79. The van der Waals surface area contributed by atoms with Gasteiger partial charge in [0.1, 0.15) is 0 Å². The number of rotatable bonds is 2. The summed E-state index contributed by atoms with van der Waals surface area (Å²) in [5, 5.41) is 2.52. The standard InChI is InChI=1S/C16H12N3P/c1-2-6-14-12(5-1)13-8-10-17-11-15(13)19(14)20-16-7-3-4-9-18-16/h1-11,20H. The number of nitrogens with zero attached hydrogens (tertiary/aromatic N) is 3. The molecule has 3 nitrogen and oxygen atoms in total. The van der Waals surface area contributed by atoms with E-state index in [0.717, 1.165) is 11.0 Å². The SMILES string of the molecule is c1ccc(Pn2c3ccccc3c3ccncc32)nc1. The molecule has 3 aromatic heterocycles. The predicted octanol–water partition coefficient (Wildman–Crippen LogP) is 3.35. The second kappa shape index (κ2) is 4.69. The molecule has 1 aromatic carbocycles. The minimum Gasteiger partial charge on any atom is -0.314 e. The lowest BCUT2D eigenvalue weighted by Gasteiger charge is -2.06. The summed E-state index contributed by atoms with van der Waals surface area (Å²) in [6, 6.07) is 16.6. The van der Waals surface area contributed by atoms with Crippen molar-refractivity contribution in [3.05, 3.63) is 67.1 Å². The van der Waals surface area contributed by atoms with E-state index in [1.54, 1.807) is 0 Å². The minimum atomic E-state index is 0.474. The fourth-order valence-electron chi connectivity index (χ4n) is 2.48. The maximum absolute atomic E-state index is 4.44. The number of fused-ring (bicyclic) bond motifs is 3. The van der Waals surface area contributed by atoms with Crippen molar-refractivity contribution in [3.8, 4) is 0 Å². The van der Waals surface area contributed by atoms with Gasteiger partial charge in [-0.1, -0.05) is 24.3 Å². The van der Waals surface area contributed by atoms with Crippen LogP contribution in [0.15, 0.2) is 67.1 Å². The molecule has 96 valence electrons. The van der Waals surface area contributed by atoms with Crippen LogP contribution in [0.3, 0.4) is 0 Å². The van der Waals surface area contributed by atoms with Crippen LogP contribution in [-0.2, 0) is 0 Å². The lowest BCUT2D eigenvalue weighted by molar-refractivity contribution is 1.31. The van der Waals surface area contributed by atoms with Crippen molar-refractivity contribution < 1.29 is 0 Å². The Kier molecular flexibility index (Phi) is 2.71. The first kappa shape index (κ1) is 11.6. The third-order valence-corrected chi connectivity index (χ3v) is 4.60. The zero-order valence-electron chi connectivity index (χ0n) is 10.7. The van der Waals surface area contributed by atoms with Crippen molar-refractivity contribution >= 4 is 36.0 Å². The molecule has 20 heavy (non-hydrogen) atoms. The molecule has 0 aliphatic carbocycles. The first-order valence-electron chi connectivity index (χ1n) is 6.45. The topological polar surface area (TPSA) is 30.7 Å². The highest BCUT2D eigenvalue weighted by molar-refractivity contribution is 7.45. The fourth-order valence-corrected chi connectivity index (χ4v) is 3.63. The van der Waals surface area contributed by atoms with Gasteiger partial charge >= 0.3 is 0 Å². The van der Waals surface area contributed by atoms with Gasteiger partial charge in [0.25, 0.3) is 0 Å². The summed E-state index contributed by atoms with van der Waals surface area (Å²) in [5.74, 6) is 0. The lowest BCUT2D eigenvalue weighted by Crippen LogP contribution is -2.02. The van der Waals surface area contributed by atoms with Gasteiger partial charge < -0.3 is 4.34 Å². The van der Waals surface area contributed by atoms with Gasteiger partial charge in [0.2, 0.25) is 0 Å². The number of benzene rings is 1. The van der Waals surface area contributed by atoms with Gasteiger partial charge in [0.05, 0.1) is 22.7 Å². The number of pyridine rings is 2. The van der Waals surface area contributed by atoms with Crippen LogP contribution in [0.5, 0.6) is 0 Å². The van der Waals surface area contributed by atoms with Crippen LogP contribution in [0.2, 0.25) is 0 Å². The number of para-hydroxylation sites is 1. The first-order chi connectivity index (χ1) is 9.93. The Morgan fingerprint density at radius 3 is 2.55 bits per heavy atom. The van der Waals surface area contributed by atoms with Crippen molar-refractivity contribution in [2.45, 2.75) is 0 Å². The monoisotopic (exact) mass is 277 g/mol. The Labute approximate surface area is 118 Å². The molecule has 0 bridgehead atoms. The van der Waals surface area contributed by atoms with Crippen LogP contribution in [0.1, 0.15) is 0 Å². The molecule has 3 heterocycles. The van der Waals surface area contributed by atoms with E-state index in [1.165, 1.54) is 16.3 Å². The summed E-state index contributed by atoms with van der Waals surface area (Å²) in [6.07, 6.45) is 5.63. The van der Waals surface area contributed by atoms with Crippen molar-refractivity contribution in [2.75, 3.05) is 0 Å².